The Kier molecular flexibility index (Phi) is 6.01. The zero-order valence-electron chi connectivity index (χ0n) is 16.0. The van der Waals surface area contributed by atoms with Gasteiger partial charge in [0, 0.05) is 11.8 Å². The van der Waals surface area contributed by atoms with E-state index in [-0.39, 0.29) is 11.9 Å². The number of furan rings is 1. The van der Waals surface area contributed by atoms with Crippen LogP contribution in [-0.2, 0) is 11.2 Å². The highest BCUT2D eigenvalue weighted by Crippen LogP contribution is 2.31. The van der Waals surface area contributed by atoms with Gasteiger partial charge in [0.2, 0.25) is 5.91 Å². The molecule has 0 aliphatic heterocycles. The Bertz CT molecular complexity index is 916. The van der Waals surface area contributed by atoms with Crippen molar-refractivity contribution in [3.8, 4) is 11.5 Å². The number of hydrogen-bond acceptors (Lipinski definition) is 4. The Hall–Kier alpha value is -2.95. The summed E-state index contributed by atoms with van der Waals surface area (Å²) in [6, 6.07) is 15.3. The fourth-order valence-corrected chi connectivity index (χ4v) is 3.01. The molecule has 0 radical (unpaired) electrons. The number of para-hydroxylation sites is 1. The number of carbonyl (C=O) groups is 1. The largest absolute Gasteiger partial charge is 0.497 e. The summed E-state index contributed by atoms with van der Waals surface area (Å²) in [6.45, 7) is 4.43. The minimum atomic E-state index is -0.218. The lowest BCUT2D eigenvalue weighted by Crippen LogP contribution is -2.26. The van der Waals surface area contributed by atoms with Crippen LogP contribution < -0.4 is 14.8 Å². The molecular formula is C22H25NO4. The Morgan fingerprint density at radius 3 is 2.78 bits per heavy atom. The molecule has 5 nitrogen and oxygen atoms in total. The van der Waals surface area contributed by atoms with Crippen LogP contribution in [0.15, 0.2) is 52.9 Å². The third-order valence-corrected chi connectivity index (χ3v) is 4.41. The smallest absolute Gasteiger partial charge is 0.220 e. The summed E-state index contributed by atoms with van der Waals surface area (Å²) in [5.74, 6) is 2.22. The van der Waals surface area contributed by atoms with E-state index in [1.54, 1.807) is 7.11 Å². The van der Waals surface area contributed by atoms with E-state index in [0.29, 0.717) is 30.8 Å². The summed E-state index contributed by atoms with van der Waals surface area (Å²) >= 11 is 0. The van der Waals surface area contributed by atoms with Crippen LogP contribution in [0.2, 0.25) is 0 Å². The molecule has 1 atom stereocenters. The molecule has 0 aliphatic carbocycles. The van der Waals surface area contributed by atoms with E-state index in [2.05, 4.69) is 5.32 Å². The molecular weight excluding hydrogens is 342 g/mol. The minimum absolute atomic E-state index is 0.0178. The van der Waals surface area contributed by atoms with E-state index in [1.807, 2.05) is 62.4 Å². The maximum atomic E-state index is 12.3. The van der Waals surface area contributed by atoms with Crippen molar-refractivity contribution in [2.45, 2.75) is 32.7 Å². The lowest BCUT2D eigenvalue weighted by atomic mass is 10.1. The standard InChI is InChI=1S/C22H25NO4/c1-4-26-19-10-6-8-17-14-20(27-22(17)19)15(2)23-21(24)12-11-16-7-5-9-18(13-16)25-3/h5-10,13-15H,4,11-12H2,1-3H3,(H,23,24). The summed E-state index contributed by atoms with van der Waals surface area (Å²) < 4.78 is 16.8. The number of ether oxygens (including phenoxy) is 2. The number of nitrogens with one attached hydrogen (secondary N) is 1. The van der Waals surface area contributed by atoms with E-state index in [0.717, 1.165) is 22.4 Å². The predicted molar refractivity (Wildman–Crippen MR) is 105 cm³/mol. The molecule has 1 heterocycles. The molecule has 1 N–H and O–H groups in total. The molecule has 1 unspecified atom stereocenters. The first-order valence-electron chi connectivity index (χ1n) is 9.18. The number of benzene rings is 2. The average molecular weight is 367 g/mol. The summed E-state index contributed by atoms with van der Waals surface area (Å²) in [5, 5.41) is 3.97. The van der Waals surface area contributed by atoms with Crippen molar-refractivity contribution in [1.82, 2.24) is 5.32 Å². The summed E-state index contributed by atoms with van der Waals surface area (Å²) in [7, 11) is 1.64. The van der Waals surface area contributed by atoms with Gasteiger partial charge in [0.1, 0.15) is 11.5 Å². The topological polar surface area (TPSA) is 60.7 Å². The van der Waals surface area contributed by atoms with Crippen LogP contribution >= 0.6 is 0 Å². The number of hydrogen-bond donors (Lipinski definition) is 1. The molecule has 0 aliphatic rings. The highest BCUT2D eigenvalue weighted by molar-refractivity contribution is 5.84. The van der Waals surface area contributed by atoms with Crippen LogP contribution in [0, 0.1) is 0 Å². The van der Waals surface area contributed by atoms with Crippen molar-refractivity contribution >= 4 is 16.9 Å². The van der Waals surface area contributed by atoms with Gasteiger partial charge >= 0.3 is 0 Å². The lowest BCUT2D eigenvalue weighted by molar-refractivity contribution is -0.121. The maximum Gasteiger partial charge on any atom is 0.220 e. The van der Waals surface area contributed by atoms with Crippen molar-refractivity contribution in [2.75, 3.05) is 13.7 Å². The second kappa shape index (κ2) is 8.62. The van der Waals surface area contributed by atoms with E-state index in [4.69, 9.17) is 13.9 Å². The second-order valence-corrected chi connectivity index (χ2v) is 6.40. The minimum Gasteiger partial charge on any atom is -0.497 e. The van der Waals surface area contributed by atoms with E-state index < -0.39 is 0 Å². The monoisotopic (exact) mass is 367 g/mol. The van der Waals surface area contributed by atoms with Gasteiger partial charge in [0.15, 0.2) is 11.3 Å². The molecule has 3 aromatic rings. The molecule has 5 heteroatoms. The number of carbonyl (C=O) groups excluding carboxylic acids is 1. The van der Waals surface area contributed by atoms with Gasteiger partial charge < -0.3 is 19.2 Å². The fraction of sp³-hybridized carbons (Fsp3) is 0.318. The quantitative estimate of drug-likeness (QED) is 0.629. The number of aryl methyl sites for hydroxylation is 1. The second-order valence-electron chi connectivity index (χ2n) is 6.40. The summed E-state index contributed by atoms with van der Waals surface area (Å²) in [4.78, 5) is 12.3. The Balaban J connectivity index is 1.62. The molecule has 142 valence electrons. The SMILES string of the molecule is CCOc1cccc2cc(C(C)NC(=O)CCc3cccc(OC)c3)oc12. The first-order chi connectivity index (χ1) is 13.1. The summed E-state index contributed by atoms with van der Waals surface area (Å²) in [6.07, 6.45) is 1.06. The molecule has 3 rings (SSSR count). The third kappa shape index (κ3) is 4.61. The van der Waals surface area contributed by atoms with Crippen molar-refractivity contribution in [1.29, 1.82) is 0 Å². The van der Waals surface area contributed by atoms with Gasteiger partial charge in [-0.1, -0.05) is 24.3 Å². The van der Waals surface area contributed by atoms with Crippen LogP contribution in [0.4, 0.5) is 0 Å². The zero-order chi connectivity index (χ0) is 19.2. The molecule has 0 fully saturated rings. The zero-order valence-corrected chi connectivity index (χ0v) is 16.0. The van der Waals surface area contributed by atoms with Gasteiger partial charge in [-0.15, -0.1) is 0 Å². The molecule has 2 aromatic carbocycles. The number of rotatable bonds is 8. The summed E-state index contributed by atoms with van der Waals surface area (Å²) in [5.41, 5.74) is 1.79. The Morgan fingerprint density at radius 1 is 1.19 bits per heavy atom. The lowest BCUT2D eigenvalue weighted by Gasteiger charge is -2.11. The van der Waals surface area contributed by atoms with Crippen LogP contribution in [0.3, 0.4) is 0 Å². The van der Waals surface area contributed by atoms with E-state index in [1.165, 1.54) is 0 Å². The number of fused-ring (bicyclic) bond motifs is 1. The Morgan fingerprint density at radius 2 is 2.00 bits per heavy atom. The van der Waals surface area contributed by atoms with Gasteiger partial charge in [-0.3, -0.25) is 4.79 Å². The third-order valence-electron chi connectivity index (χ3n) is 4.41. The predicted octanol–water partition coefficient (Wildman–Crippen LogP) is 4.65. The average Bonchev–Trinajstić information content (AvgIpc) is 3.12. The van der Waals surface area contributed by atoms with Gasteiger partial charge in [-0.05, 0) is 50.1 Å². The molecule has 0 spiro atoms. The van der Waals surface area contributed by atoms with Gasteiger partial charge in [0.25, 0.3) is 0 Å². The van der Waals surface area contributed by atoms with E-state index >= 15 is 0 Å². The van der Waals surface area contributed by atoms with Gasteiger partial charge in [-0.2, -0.15) is 0 Å². The fourth-order valence-electron chi connectivity index (χ4n) is 3.01. The highest BCUT2D eigenvalue weighted by atomic mass is 16.5. The molecule has 0 saturated heterocycles. The number of methoxy groups -OCH3 is 1. The number of amides is 1. The molecule has 1 aromatic heterocycles. The Labute approximate surface area is 159 Å². The van der Waals surface area contributed by atoms with Crippen molar-refractivity contribution in [3.05, 3.63) is 59.9 Å². The molecule has 1 amide bonds. The first-order valence-corrected chi connectivity index (χ1v) is 9.18. The van der Waals surface area contributed by atoms with Crippen LogP contribution in [0.5, 0.6) is 11.5 Å². The highest BCUT2D eigenvalue weighted by Gasteiger charge is 2.16. The van der Waals surface area contributed by atoms with Crippen LogP contribution in [-0.4, -0.2) is 19.6 Å². The maximum absolute atomic E-state index is 12.3. The van der Waals surface area contributed by atoms with E-state index in [9.17, 15) is 4.79 Å². The van der Waals surface area contributed by atoms with Gasteiger partial charge in [0.05, 0.1) is 19.8 Å². The first kappa shape index (κ1) is 18.8. The molecule has 0 saturated carbocycles. The van der Waals surface area contributed by atoms with Crippen LogP contribution in [0.1, 0.15) is 37.6 Å². The van der Waals surface area contributed by atoms with Crippen molar-refractivity contribution < 1.29 is 18.7 Å². The van der Waals surface area contributed by atoms with Crippen molar-refractivity contribution in [2.24, 2.45) is 0 Å². The normalized spacial score (nSPS) is 12.0. The van der Waals surface area contributed by atoms with Crippen LogP contribution in [0.25, 0.3) is 11.0 Å². The molecule has 27 heavy (non-hydrogen) atoms. The van der Waals surface area contributed by atoms with Crippen molar-refractivity contribution in [3.63, 3.8) is 0 Å². The molecule has 0 bridgehead atoms. The van der Waals surface area contributed by atoms with Gasteiger partial charge in [-0.25, -0.2) is 0 Å².